The second kappa shape index (κ2) is 9.88. The van der Waals surface area contributed by atoms with Crippen molar-refractivity contribution in [3.05, 3.63) is 112 Å². The predicted octanol–water partition coefficient (Wildman–Crippen LogP) is 7.27. The molecule has 0 aromatic heterocycles. The molecule has 0 atom stereocenters. The van der Waals surface area contributed by atoms with Gasteiger partial charge in [0.05, 0.1) is 12.2 Å². The van der Waals surface area contributed by atoms with Gasteiger partial charge in [-0.1, -0.05) is 66.2 Å². The average Bonchev–Trinajstić information content (AvgIpc) is 3.29. The van der Waals surface area contributed by atoms with Crippen LogP contribution in [0.2, 0.25) is 5.02 Å². The minimum Gasteiger partial charge on any atom is -0.488 e. The Morgan fingerprint density at radius 1 is 1.03 bits per heavy atom. The lowest BCUT2D eigenvalue weighted by Gasteiger charge is -2.15. The molecule has 0 bridgehead atoms. The lowest BCUT2D eigenvalue weighted by molar-refractivity contribution is 0.0525. The zero-order valence-corrected chi connectivity index (χ0v) is 19.0. The van der Waals surface area contributed by atoms with E-state index in [4.69, 9.17) is 21.1 Å². The number of carbonyl (C=O) groups is 1. The lowest BCUT2D eigenvalue weighted by atomic mass is 9.93. The first-order valence-corrected chi connectivity index (χ1v) is 11.1. The standard InChI is InChI=1S/C28H25ClO3/c1-3-31-28(30)25-16-21(13-12-19(25)2)23-10-7-11-24(23)26-17-22(29)14-15-27(26)32-18-20-8-5-4-6-9-20/h4-9,11-17H,3,10,18H2,1-2H3. The summed E-state index contributed by atoms with van der Waals surface area (Å²) in [5.41, 5.74) is 6.70. The van der Waals surface area contributed by atoms with Gasteiger partial charge in [-0.05, 0) is 72.4 Å². The number of halogens is 1. The van der Waals surface area contributed by atoms with Crippen LogP contribution in [-0.4, -0.2) is 12.6 Å². The number of hydrogen-bond donors (Lipinski definition) is 0. The summed E-state index contributed by atoms with van der Waals surface area (Å²) in [5.74, 6) is 0.477. The highest BCUT2D eigenvalue weighted by atomic mass is 35.5. The van der Waals surface area contributed by atoms with Gasteiger partial charge in [0.15, 0.2) is 0 Å². The van der Waals surface area contributed by atoms with Crippen LogP contribution in [0.3, 0.4) is 0 Å². The van der Waals surface area contributed by atoms with E-state index in [0.29, 0.717) is 23.8 Å². The molecule has 0 radical (unpaired) electrons. The molecule has 3 nitrogen and oxygen atoms in total. The fourth-order valence-electron chi connectivity index (χ4n) is 3.84. The molecule has 32 heavy (non-hydrogen) atoms. The molecule has 1 aliphatic rings. The smallest absolute Gasteiger partial charge is 0.338 e. The van der Waals surface area contributed by atoms with Crippen molar-refractivity contribution in [2.24, 2.45) is 0 Å². The Morgan fingerprint density at radius 3 is 2.62 bits per heavy atom. The Balaban J connectivity index is 1.72. The van der Waals surface area contributed by atoms with Gasteiger partial charge in [0, 0.05) is 10.6 Å². The molecule has 0 amide bonds. The molecule has 0 heterocycles. The molecule has 0 aliphatic heterocycles. The summed E-state index contributed by atoms with van der Waals surface area (Å²) in [6.45, 7) is 4.56. The minimum absolute atomic E-state index is 0.297. The third kappa shape index (κ3) is 4.79. The zero-order chi connectivity index (χ0) is 22.5. The molecule has 162 valence electrons. The number of rotatable bonds is 7. The predicted molar refractivity (Wildman–Crippen MR) is 130 cm³/mol. The van der Waals surface area contributed by atoms with Gasteiger partial charge in [0.2, 0.25) is 0 Å². The van der Waals surface area contributed by atoms with E-state index in [1.165, 1.54) is 0 Å². The summed E-state index contributed by atoms with van der Waals surface area (Å²) in [6, 6.07) is 21.7. The number of carbonyl (C=O) groups excluding carboxylic acids is 1. The number of aryl methyl sites for hydroxylation is 1. The largest absolute Gasteiger partial charge is 0.488 e. The molecule has 3 aromatic carbocycles. The first-order valence-electron chi connectivity index (χ1n) is 10.7. The van der Waals surface area contributed by atoms with Gasteiger partial charge in [-0.25, -0.2) is 4.79 Å². The monoisotopic (exact) mass is 444 g/mol. The quantitative estimate of drug-likeness (QED) is 0.359. The van der Waals surface area contributed by atoms with Gasteiger partial charge < -0.3 is 9.47 Å². The van der Waals surface area contributed by atoms with Crippen LogP contribution in [0.25, 0.3) is 11.1 Å². The van der Waals surface area contributed by atoms with Crippen LogP contribution >= 0.6 is 11.6 Å². The van der Waals surface area contributed by atoms with E-state index in [0.717, 1.165) is 45.6 Å². The number of hydrogen-bond acceptors (Lipinski definition) is 3. The van der Waals surface area contributed by atoms with E-state index in [-0.39, 0.29) is 5.97 Å². The van der Waals surface area contributed by atoms with E-state index < -0.39 is 0 Å². The summed E-state index contributed by atoms with van der Waals surface area (Å²) >= 11 is 6.37. The normalized spacial score (nSPS) is 12.8. The highest BCUT2D eigenvalue weighted by Crippen LogP contribution is 2.40. The third-order valence-electron chi connectivity index (χ3n) is 5.48. The van der Waals surface area contributed by atoms with Crippen molar-refractivity contribution in [2.45, 2.75) is 26.9 Å². The second-order valence-corrected chi connectivity index (χ2v) is 8.10. The molecule has 3 aromatic rings. The first kappa shape index (κ1) is 21.9. The summed E-state index contributed by atoms with van der Waals surface area (Å²) in [4.78, 5) is 12.4. The van der Waals surface area contributed by atoms with E-state index in [1.54, 1.807) is 0 Å². The second-order valence-electron chi connectivity index (χ2n) is 7.66. The lowest BCUT2D eigenvalue weighted by Crippen LogP contribution is -2.07. The third-order valence-corrected chi connectivity index (χ3v) is 5.72. The molecule has 1 aliphatic carbocycles. The van der Waals surface area contributed by atoms with Crippen LogP contribution < -0.4 is 4.74 Å². The zero-order valence-electron chi connectivity index (χ0n) is 18.2. The van der Waals surface area contributed by atoms with Crippen LogP contribution in [-0.2, 0) is 11.3 Å². The maximum absolute atomic E-state index is 12.4. The van der Waals surface area contributed by atoms with Crippen molar-refractivity contribution >= 4 is 28.7 Å². The van der Waals surface area contributed by atoms with Gasteiger partial charge >= 0.3 is 5.97 Å². The van der Waals surface area contributed by atoms with Crippen molar-refractivity contribution in [1.29, 1.82) is 0 Å². The Bertz CT molecular complexity index is 1190. The molecule has 4 rings (SSSR count). The molecule has 0 fully saturated rings. The van der Waals surface area contributed by atoms with E-state index in [9.17, 15) is 4.79 Å². The summed E-state index contributed by atoms with van der Waals surface area (Å²) in [6.07, 6.45) is 4.99. The van der Waals surface area contributed by atoms with E-state index >= 15 is 0 Å². The Hall–Kier alpha value is -3.30. The number of esters is 1. The minimum atomic E-state index is -0.297. The van der Waals surface area contributed by atoms with Crippen molar-refractivity contribution in [2.75, 3.05) is 6.61 Å². The topological polar surface area (TPSA) is 35.5 Å². The highest BCUT2D eigenvalue weighted by Gasteiger charge is 2.19. The van der Waals surface area contributed by atoms with Crippen LogP contribution in [0.4, 0.5) is 0 Å². The molecule has 0 spiro atoms. The van der Waals surface area contributed by atoms with E-state index in [2.05, 4.69) is 18.2 Å². The summed E-state index contributed by atoms with van der Waals surface area (Å²) < 4.78 is 11.4. The fourth-order valence-corrected chi connectivity index (χ4v) is 4.02. The molecule has 0 saturated heterocycles. The maximum Gasteiger partial charge on any atom is 0.338 e. The number of ether oxygens (including phenoxy) is 2. The summed E-state index contributed by atoms with van der Waals surface area (Å²) in [7, 11) is 0. The van der Waals surface area contributed by atoms with Gasteiger partial charge in [-0.2, -0.15) is 0 Å². The number of allylic oxidation sites excluding steroid dienone is 4. The first-order chi connectivity index (χ1) is 15.6. The van der Waals surface area contributed by atoms with Gasteiger partial charge in [-0.3, -0.25) is 0 Å². The average molecular weight is 445 g/mol. The molecular formula is C28H25ClO3. The Kier molecular flexibility index (Phi) is 6.77. The SMILES string of the molecule is CCOC(=O)c1cc(C2=C(c3cc(Cl)ccc3OCc3ccccc3)C=CC2)ccc1C. The summed E-state index contributed by atoms with van der Waals surface area (Å²) in [5, 5.41) is 0.648. The fraction of sp³-hybridized carbons (Fsp3) is 0.179. The van der Waals surface area contributed by atoms with Crippen LogP contribution in [0.5, 0.6) is 5.75 Å². The highest BCUT2D eigenvalue weighted by molar-refractivity contribution is 6.31. The maximum atomic E-state index is 12.4. The molecule has 4 heteroatoms. The molecule has 0 unspecified atom stereocenters. The van der Waals surface area contributed by atoms with Crippen molar-refractivity contribution < 1.29 is 14.3 Å². The van der Waals surface area contributed by atoms with Crippen molar-refractivity contribution in [3.8, 4) is 5.75 Å². The van der Waals surface area contributed by atoms with E-state index in [1.807, 2.05) is 74.5 Å². The Labute approximate surface area is 194 Å². The van der Waals surface area contributed by atoms with Crippen LogP contribution in [0, 0.1) is 6.92 Å². The molecular weight excluding hydrogens is 420 g/mol. The Morgan fingerprint density at radius 2 is 1.84 bits per heavy atom. The van der Waals surface area contributed by atoms with Crippen LogP contribution in [0.15, 0.2) is 78.9 Å². The number of benzene rings is 3. The van der Waals surface area contributed by atoms with Gasteiger partial charge in [0.25, 0.3) is 0 Å². The van der Waals surface area contributed by atoms with Crippen molar-refractivity contribution in [3.63, 3.8) is 0 Å². The molecule has 0 saturated carbocycles. The van der Waals surface area contributed by atoms with Gasteiger partial charge in [-0.15, -0.1) is 0 Å². The van der Waals surface area contributed by atoms with Crippen LogP contribution in [0.1, 0.15) is 46.0 Å². The van der Waals surface area contributed by atoms with Crippen molar-refractivity contribution in [1.82, 2.24) is 0 Å². The van der Waals surface area contributed by atoms with Gasteiger partial charge in [0.1, 0.15) is 12.4 Å². The molecule has 0 N–H and O–H groups in total.